The number of hydrogen-bond donors (Lipinski definition) is 3. The normalized spacial score (nSPS) is 20.1. The molecule has 4 N–H and O–H groups in total. The third-order valence-electron chi connectivity index (χ3n) is 2.25. The van der Waals surface area contributed by atoms with Gasteiger partial charge in [-0.1, -0.05) is 0 Å². The van der Waals surface area contributed by atoms with Gasteiger partial charge in [-0.2, -0.15) is 0 Å². The van der Waals surface area contributed by atoms with Gasteiger partial charge in [-0.3, -0.25) is 9.69 Å². The Morgan fingerprint density at radius 1 is 1.53 bits per heavy atom. The molecule has 0 spiro atoms. The predicted molar refractivity (Wildman–Crippen MR) is 55.3 cm³/mol. The van der Waals surface area contributed by atoms with Crippen molar-refractivity contribution in [1.82, 2.24) is 10.2 Å². The number of aliphatic hydroxyl groups is 1. The second kappa shape index (κ2) is 6.73. The average molecular weight is 217 g/mol. The molecule has 0 aromatic heterocycles. The zero-order chi connectivity index (χ0) is 11.1. The molecule has 1 saturated heterocycles. The van der Waals surface area contributed by atoms with Crippen molar-refractivity contribution in [3.8, 4) is 0 Å². The van der Waals surface area contributed by atoms with Crippen molar-refractivity contribution in [3.05, 3.63) is 0 Å². The Labute approximate surface area is 89.4 Å². The van der Waals surface area contributed by atoms with E-state index in [9.17, 15) is 9.90 Å². The number of carbonyl (C=O) groups is 1. The summed E-state index contributed by atoms with van der Waals surface area (Å²) in [6.07, 6.45) is -0.470. The summed E-state index contributed by atoms with van der Waals surface area (Å²) < 4.78 is 5.19. The first-order valence-corrected chi connectivity index (χ1v) is 5.15. The number of amides is 1. The molecule has 0 aromatic carbocycles. The summed E-state index contributed by atoms with van der Waals surface area (Å²) in [6, 6.07) is 0. The van der Waals surface area contributed by atoms with E-state index >= 15 is 0 Å². The van der Waals surface area contributed by atoms with Crippen LogP contribution in [0.4, 0.5) is 0 Å². The van der Waals surface area contributed by atoms with Gasteiger partial charge in [0.25, 0.3) is 0 Å². The van der Waals surface area contributed by atoms with Crippen molar-refractivity contribution in [1.29, 1.82) is 0 Å². The third kappa shape index (κ3) is 5.68. The van der Waals surface area contributed by atoms with Gasteiger partial charge >= 0.3 is 0 Å². The van der Waals surface area contributed by atoms with Gasteiger partial charge in [-0.25, -0.2) is 0 Å². The number of nitrogens with zero attached hydrogens (tertiary/aromatic N) is 1. The number of nitrogens with one attached hydrogen (secondary N) is 1. The van der Waals surface area contributed by atoms with Crippen molar-refractivity contribution >= 4 is 5.91 Å². The second-order valence-electron chi connectivity index (χ2n) is 3.66. The summed E-state index contributed by atoms with van der Waals surface area (Å²) >= 11 is 0. The minimum absolute atomic E-state index is 0.111. The maximum Gasteiger partial charge on any atom is 0.231 e. The Morgan fingerprint density at radius 3 is 2.80 bits per heavy atom. The molecular weight excluding hydrogens is 198 g/mol. The van der Waals surface area contributed by atoms with Crippen LogP contribution < -0.4 is 11.1 Å². The molecule has 0 aromatic rings. The van der Waals surface area contributed by atoms with Gasteiger partial charge in [-0.15, -0.1) is 0 Å². The van der Waals surface area contributed by atoms with E-state index in [-0.39, 0.29) is 6.54 Å². The van der Waals surface area contributed by atoms with E-state index in [1.165, 1.54) is 0 Å². The summed E-state index contributed by atoms with van der Waals surface area (Å²) in [5.74, 6) is -0.409. The molecule has 15 heavy (non-hydrogen) atoms. The first kappa shape index (κ1) is 12.4. The van der Waals surface area contributed by atoms with Gasteiger partial charge < -0.3 is 20.9 Å². The van der Waals surface area contributed by atoms with Crippen LogP contribution in [0.2, 0.25) is 0 Å². The number of hydrogen-bond acceptors (Lipinski definition) is 5. The third-order valence-corrected chi connectivity index (χ3v) is 2.25. The number of primary amides is 1. The fraction of sp³-hybridized carbons (Fsp3) is 0.889. The smallest absolute Gasteiger partial charge is 0.231 e. The molecular formula is C9H19N3O3. The molecule has 1 aliphatic rings. The summed E-state index contributed by atoms with van der Waals surface area (Å²) in [4.78, 5) is 12.6. The van der Waals surface area contributed by atoms with E-state index in [2.05, 4.69) is 10.2 Å². The van der Waals surface area contributed by atoms with Crippen LogP contribution in [0.3, 0.4) is 0 Å². The van der Waals surface area contributed by atoms with Gasteiger partial charge in [0.1, 0.15) is 0 Å². The first-order chi connectivity index (χ1) is 7.18. The molecule has 0 radical (unpaired) electrons. The predicted octanol–water partition coefficient (Wildman–Crippen LogP) is -2.25. The SMILES string of the molecule is NC(=O)CNCC(O)CN1CCOCC1. The number of morpholine rings is 1. The molecule has 1 aliphatic heterocycles. The number of rotatable bonds is 6. The minimum Gasteiger partial charge on any atom is -0.390 e. The van der Waals surface area contributed by atoms with Crippen molar-refractivity contribution in [2.75, 3.05) is 45.9 Å². The molecule has 1 amide bonds. The molecule has 1 rings (SSSR count). The van der Waals surface area contributed by atoms with E-state index in [0.29, 0.717) is 13.1 Å². The fourth-order valence-corrected chi connectivity index (χ4v) is 1.51. The highest BCUT2D eigenvalue weighted by molar-refractivity contribution is 5.75. The number of carbonyl (C=O) groups excluding carboxylic acids is 1. The number of β-amino-alcohol motifs (C(OH)–C–C–N with tert-alkyl or cyclic N) is 1. The topological polar surface area (TPSA) is 87.8 Å². The molecule has 6 heteroatoms. The van der Waals surface area contributed by atoms with Gasteiger partial charge in [0.05, 0.1) is 25.9 Å². The second-order valence-corrected chi connectivity index (χ2v) is 3.66. The highest BCUT2D eigenvalue weighted by Gasteiger charge is 2.14. The van der Waals surface area contributed by atoms with Gasteiger partial charge in [0.2, 0.25) is 5.91 Å². The zero-order valence-corrected chi connectivity index (χ0v) is 8.82. The molecule has 0 bridgehead atoms. The van der Waals surface area contributed by atoms with Crippen LogP contribution in [-0.4, -0.2) is 68.0 Å². The molecule has 1 atom stereocenters. The Morgan fingerprint density at radius 2 is 2.20 bits per heavy atom. The lowest BCUT2D eigenvalue weighted by Gasteiger charge is -2.28. The number of aliphatic hydroxyl groups excluding tert-OH is 1. The molecule has 1 fully saturated rings. The van der Waals surface area contributed by atoms with Crippen LogP contribution in [0.1, 0.15) is 0 Å². The van der Waals surface area contributed by atoms with E-state index in [0.717, 1.165) is 26.3 Å². The fourth-order valence-electron chi connectivity index (χ4n) is 1.51. The molecule has 6 nitrogen and oxygen atoms in total. The monoisotopic (exact) mass is 217 g/mol. The summed E-state index contributed by atoms with van der Waals surface area (Å²) in [7, 11) is 0. The van der Waals surface area contributed by atoms with Gasteiger partial charge in [0.15, 0.2) is 0 Å². The molecule has 88 valence electrons. The van der Waals surface area contributed by atoms with Crippen molar-refractivity contribution < 1.29 is 14.6 Å². The highest BCUT2D eigenvalue weighted by Crippen LogP contribution is 1.97. The highest BCUT2D eigenvalue weighted by atomic mass is 16.5. The lowest BCUT2D eigenvalue weighted by Crippen LogP contribution is -2.44. The standard InChI is InChI=1S/C9H19N3O3/c10-9(14)6-11-5-8(13)7-12-1-3-15-4-2-12/h8,11,13H,1-7H2,(H2,10,14). The van der Waals surface area contributed by atoms with Crippen LogP contribution in [0.5, 0.6) is 0 Å². The summed E-state index contributed by atoms with van der Waals surface area (Å²) in [6.45, 7) is 4.26. The van der Waals surface area contributed by atoms with Gasteiger partial charge in [0, 0.05) is 26.2 Å². The Kier molecular flexibility index (Phi) is 5.56. The van der Waals surface area contributed by atoms with E-state index in [4.69, 9.17) is 10.5 Å². The Hall–Kier alpha value is -0.690. The zero-order valence-electron chi connectivity index (χ0n) is 8.82. The molecule has 1 unspecified atom stereocenters. The van der Waals surface area contributed by atoms with Gasteiger partial charge in [-0.05, 0) is 0 Å². The van der Waals surface area contributed by atoms with Crippen molar-refractivity contribution in [2.45, 2.75) is 6.10 Å². The minimum atomic E-state index is -0.470. The number of ether oxygens (including phenoxy) is 1. The molecule has 1 heterocycles. The van der Waals surface area contributed by atoms with Crippen LogP contribution >= 0.6 is 0 Å². The maximum absolute atomic E-state index is 10.4. The van der Waals surface area contributed by atoms with Crippen LogP contribution in [0.15, 0.2) is 0 Å². The lowest BCUT2D eigenvalue weighted by atomic mass is 10.3. The first-order valence-electron chi connectivity index (χ1n) is 5.15. The Balaban J connectivity index is 2.06. The van der Waals surface area contributed by atoms with Crippen molar-refractivity contribution in [3.63, 3.8) is 0 Å². The lowest BCUT2D eigenvalue weighted by molar-refractivity contribution is -0.117. The summed E-state index contributed by atoms with van der Waals surface area (Å²) in [5.41, 5.74) is 4.95. The van der Waals surface area contributed by atoms with E-state index in [1.807, 2.05) is 0 Å². The quantitative estimate of drug-likeness (QED) is 0.468. The Bertz CT molecular complexity index is 195. The number of nitrogens with two attached hydrogens (primary N) is 1. The summed E-state index contributed by atoms with van der Waals surface area (Å²) in [5, 5.41) is 12.4. The van der Waals surface area contributed by atoms with Crippen LogP contribution in [0, 0.1) is 0 Å². The van der Waals surface area contributed by atoms with E-state index < -0.39 is 12.0 Å². The molecule has 0 saturated carbocycles. The molecule has 0 aliphatic carbocycles. The van der Waals surface area contributed by atoms with E-state index in [1.54, 1.807) is 0 Å². The van der Waals surface area contributed by atoms with Crippen molar-refractivity contribution in [2.24, 2.45) is 5.73 Å². The van der Waals surface area contributed by atoms with Crippen LogP contribution in [0.25, 0.3) is 0 Å². The van der Waals surface area contributed by atoms with Crippen LogP contribution in [-0.2, 0) is 9.53 Å². The largest absolute Gasteiger partial charge is 0.390 e. The average Bonchev–Trinajstić information content (AvgIpc) is 2.18. The maximum atomic E-state index is 10.4.